The van der Waals surface area contributed by atoms with Crippen LogP contribution in [0.3, 0.4) is 0 Å². The second kappa shape index (κ2) is 8.97. The van der Waals surface area contributed by atoms with E-state index in [1.807, 2.05) is 19.1 Å². The summed E-state index contributed by atoms with van der Waals surface area (Å²) >= 11 is 0. The average Bonchev–Trinajstić information content (AvgIpc) is 2.50. The molecule has 1 aliphatic heterocycles. The van der Waals surface area contributed by atoms with E-state index in [2.05, 4.69) is 10.3 Å². The molecule has 1 saturated heterocycles. The number of pyridine rings is 1. The van der Waals surface area contributed by atoms with Crippen molar-refractivity contribution in [3.63, 3.8) is 0 Å². The number of aromatic nitrogens is 1. The van der Waals surface area contributed by atoms with Gasteiger partial charge in [0.25, 0.3) is 0 Å². The number of benzene rings is 1. The third-order valence-corrected chi connectivity index (χ3v) is 6.19. The van der Waals surface area contributed by atoms with E-state index in [9.17, 15) is 8.42 Å². The fraction of sp³-hybridized carbons (Fsp3) is 0.438. The van der Waals surface area contributed by atoms with Gasteiger partial charge >= 0.3 is 0 Å². The molecule has 0 unspecified atom stereocenters. The number of fused-ring (bicyclic) bond motifs is 1. The van der Waals surface area contributed by atoms with Crippen molar-refractivity contribution in [2.75, 3.05) is 19.6 Å². The van der Waals surface area contributed by atoms with E-state index in [0.29, 0.717) is 11.4 Å². The maximum absolute atomic E-state index is 13.0. The van der Waals surface area contributed by atoms with Gasteiger partial charge in [0.05, 0.1) is 4.90 Å². The first-order chi connectivity index (χ1) is 10.6. The number of hydrogen-bond acceptors (Lipinski definition) is 4. The number of sulfonamides is 1. The van der Waals surface area contributed by atoms with Crippen LogP contribution < -0.4 is 5.32 Å². The van der Waals surface area contributed by atoms with Crippen LogP contribution >= 0.6 is 24.8 Å². The predicted molar refractivity (Wildman–Crippen MR) is 102 cm³/mol. The molecule has 3 rings (SSSR count). The van der Waals surface area contributed by atoms with Gasteiger partial charge in [-0.2, -0.15) is 4.31 Å². The maximum Gasteiger partial charge on any atom is 0.243 e. The largest absolute Gasteiger partial charge is 0.317 e. The van der Waals surface area contributed by atoms with Crippen molar-refractivity contribution in [2.45, 2.75) is 30.7 Å². The molecule has 5 nitrogen and oxygen atoms in total. The molecule has 0 saturated carbocycles. The molecule has 1 aliphatic rings. The first-order valence-electron chi connectivity index (χ1n) is 7.65. The van der Waals surface area contributed by atoms with Gasteiger partial charge in [0.2, 0.25) is 10.0 Å². The topological polar surface area (TPSA) is 62.3 Å². The molecule has 1 aromatic heterocycles. The van der Waals surface area contributed by atoms with E-state index in [1.54, 1.807) is 28.8 Å². The summed E-state index contributed by atoms with van der Waals surface area (Å²) < 4.78 is 27.6. The van der Waals surface area contributed by atoms with Crippen LogP contribution in [0.25, 0.3) is 10.8 Å². The second-order valence-electron chi connectivity index (χ2n) is 5.74. The van der Waals surface area contributed by atoms with Gasteiger partial charge in [0.1, 0.15) is 0 Å². The monoisotopic (exact) mass is 391 g/mol. The van der Waals surface area contributed by atoms with Crippen molar-refractivity contribution >= 4 is 45.6 Å². The molecular weight excluding hydrogens is 369 g/mol. The van der Waals surface area contributed by atoms with Crippen molar-refractivity contribution in [2.24, 2.45) is 0 Å². The molecule has 2 heterocycles. The summed E-state index contributed by atoms with van der Waals surface area (Å²) in [6, 6.07) is 7.10. The lowest BCUT2D eigenvalue weighted by Gasteiger charge is -2.30. The smallest absolute Gasteiger partial charge is 0.243 e. The zero-order chi connectivity index (χ0) is 15.6. The van der Waals surface area contributed by atoms with E-state index in [4.69, 9.17) is 0 Å². The summed E-state index contributed by atoms with van der Waals surface area (Å²) in [4.78, 5) is 4.43. The minimum Gasteiger partial charge on any atom is -0.317 e. The summed E-state index contributed by atoms with van der Waals surface area (Å²) in [5, 5.41) is 5.18. The molecule has 0 radical (unpaired) electrons. The highest BCUT2D eigenvalue weighted by Gasteiger charge is 2.29. The maximum atomic E-state index is 13.0. The molecule has 1 aromatic carbocycles. The standard InChI is InChI=1S/C16H21N3O2S.2ClH/c1-13-5-8-17-7-2-10-19(13)22(20,21)16-4-3-15-12-18-9-6-14(15)11-16;;/h3-4,6,9,11-13,17H,2,5,7-8,10H2,1H3;2*1H/t13-;;/m0../s1. The fourth-order valence-electron chi connectivity index (χ4n) is 2.87. The number of hydrogen-bond donors (Lipinski definition) is 1. The third-order valence-electron chi connectivity index (χ3n) is 4.18. The Morgan fingerprint density at radius 1 is 1.17 bits per heavy atom. The highest BCUT2D eigenvalue weighted by Crippen LogP contribution is 2.24. The van der Waals surface area contributed by atoms with Gasteiger partial charge in [-0.25, -0.2) is 8.42 Å². The van der Waals surface area contributed by atoms with Gasteiger partial charge in [0, 0.05) is 30.4 Å². The molecule has 24 heavy (non-hydrogen) atoms. The zero-order valence-corrected chi connectivity index (χ0v) is 16.0. The first kappa shape index (κ1) is 21.1. The molecule has 1 N–H and O–H groups in total. The molecule has 0 aliphatic carbocycles. The van der Waals surface area contributed by atoms with Gasteiger partial charge in [-0.1, -0.05) is 6.07 Å². The molecule has 8 heteroatoms. The molecule has 134 valence electrons. The summed E-state index contributed by atoms with van der Waals surface area (Å²) in [7, 11) is -3.46. The lowest BCUT2D eigenvalue weighted by Crippen LogP contribution is -2.43. The Bertz CT molecular complexity index is 771. The molecule has 1 atom stereocenters. The average molecular weight is 392 g/mol. The first-order valence-corrected chi connectivity index (χ1v) is 9.09. The van der Waals surface area contributed by atoms with Crippen molar-refractivity contribution < 1.29 is 8.42 Å². The highest BCUT2D eigenvalue weighted by atomic mass is 35.5. The second-order valence-corrected chi connectivity index (χ2v) is 7.63. The quantitative estimate of drug-likeness (QED) is 0.854. The van der Waals surface area contributed by atoms with Crippen molar-refractivity contribution in [3.05, 3.63) is 36.7 Å². The van der Waals surface area contributed by atoms with Crippen molar-refractivity contribution in [1.82, 2.24) is 14.6 Å². The minimum atomic E-state index is -3.46. The number of nitrogens with one attached hydrogen (secondary N) is 1. The van der Waals surface area contributed by atoms with Gasteiger partial charge in [-0.05, 0) is 56.4 Å². The number of halogens is 2. The zero-order valence-electron chi connectivity index (χ0n) is 13.5. The predicted octanol–water partition coefficient (Wildman–Crippen LogP) is 2.84. The van der Waals surface area contributed by atoms with Crippen LogP contribution in [-0.2, 0) is 10.0 Å². The summed E-state index contributed by atoms with van der Waals surface area (Å²) in [5.74, 6) is 0. The van der Waals surface area contributed by atoms with Crippen LogP contribution in [0.15, 0.2) is 41.6 Å². The van der Waals surface area contributed by atoms with E-state index >= 15 is 0 Å². The molecule has 1 fully saturated rings. The molecular formula is C16H23Cl2N3O2S. The summed E-state index contributed by atoms with van der Waals surface area (Å²) in [6.45, 7) is 4.26. The third kappa shape index (κ3) is 4.37. The Kier molecular flexibility index (Phi) is 7.89. The number of nitrogens with zero attached hydrogens (tertiary/aromatic N) is 2. The van der Waals surface area contributed by atoms with Crippen LogP contribution in [0.2, 0.25) is 0 Å². The summed E-state index contributed by atoms with van der Waals surface area (Å²) in [6.07, 6.45) is 5.09. The van der Waals surface area contributed by atoms with Gasteiger partial charge in [-0.3, -0.25) is 4.98 Å². The van der Waals surface area contributed by atoms with Crippen molar-refractivity contribution in [1.29, 1.82) is 0 Å². The van der Waals surface area contributed by atoms with Gasteiger partial charge in [-0.15, -0.1) is 24.8 Å². The fourth-order valence-corrected chi connectivity index (χ4v) is 4.61. The Balaban J connectivity index is 0.00000144. The highest BCUT2D eigenvalue weighted by molar-refractivity contribution is 7.89. The SMILES string of the molecule is C[C@H]1CCNCCCN1S(=O)(=O)c1ccc2cnccc2c1.Cl.Cl. The lowest BCUT2D eigenvalue weighted by molar-refractivity contribution is 0.297. The molecule has 2 aromatic rings. The van der Waals surface area contributed by atoms with Crippen LogP contribution in [-0.4, -0.2) is 43.4 Å². The van der Waals surface area contributed by atoms with Crippen LogP contribution in [0, 0.1) is 0 Å². The van der Waals surface area contributed by atoms with Crippen LogP contribution in [0.1, 0.15) is 19.8 Å². The normalized spacial score (nSPS) is 19.6. The Hall–Kier alpha value is -0.920. The van der Waals surface area contributed by atoms with E-state index < -0.39 is 10.0 Å². The van der Waals surface area contributed by atoms with E-state index in [1.165, 1.54) is 0 Å². The molecule has 0 bridgehead atoms. The Morgan fingerprint density at radius 3 is 2.75 bits per heavy atom. The Labute approximate surface area is 155 Å². The van der Waals surface area contributed by atoms with E-state index in [0.717, 1.165) is 36.7 Å². The molecule has 0 spiro atoms. The van der Waals surface area contributed by atoms with Crippen LogP contribution in [0.5, 0.6) is 0 Å². The van der Waals surface area contributed by atoms with Gasteiger partial charge < -0.3 is 5.32 Å². The minimum absolute atomic E-state index is 0. The number of rotatable bonds is 2. The summed E-state index contributed by atoms with van der Waals surface area (Å²) in [5.41, 5.74) is 0. The lowest BCUT2D eigenvalue weighted by atomic mass is 10.2. The Morgan fingerprint density at radius 2 is 1.96 bits per heavy atom. The van der Waals surface area contributed by atoms with Crippen LogP contribution in [0.4, 0.5) is 0 Å². The van der Waals surface area contributed by atoms with Gasteiger partial charge in [0.15, 0.2) is 0 Å². The van der Waals surface area contributed by atoms with E-state index in [-0.39, 0.29) is 30.9 Å². The van der Waals surface area contributed by atoms with Crippen molar-refractivity contribution in [3.8, 4) is 0 Å². The molecule has 0 amide bonds.